The van der Waals surface area contributed by atoms with Crippen molar-refractivity contribution in [2.24, 2.45) is 0 Å². The van der Waals surface area contributed by atoms with Crippen molar-refractivity contribution in [3.05, 3.63) is 45.9 Å². The van der Waals surface area contributed by atoms with Crippen molar-refractivity contribution >= 4 is 21.6 Å². The second kappa shape index (κ2) is 4.72. The molecule has 0 spiro atoms. The molecule has 9 heteroatoms. The standard InChI is InChI=1S/C11H11ClN4O3S/c12-9-5-8(6-14-11(9)17)20(18,19)16-4-3-15-2-1-13-10(15)7-16/h1-2,5-6H,3-4,7H2,(H,14,17). The van der Waals surface area contributed by atoms with Gasteiger partial charge in [0.25, 0.3) is 5.56 Å². The quantitative estimate of drug-likeness (QED) is 0.870. The third-order valence-corrected chi connectivity index (χ3v) is 5.28. The van der Waals surface area contributed by atoms with Gasteiger partial charge in [0.2, 0.25) is 10.0 Å². The van der Waals surface area contributed by atoms with Crippen LogP contribution in [0.1, 0.15) is 5.82 Å². The number of aromatic nitrogens is 3. The van der Waals surface area contributed by atoms with Gasteiger partial charge in [-0.2, -0.15) is 4.31 Å². The summed E-state index contributed by atoms with van der Waals surface area (Å²) in [7, 11) is -3.70. The van der Waals surface area contributed by atoms with E-state index in [9.17, 15) is 13.2 Å². The van der Waals surface area contributed by atoms with Crippen LogP contribution in [0.5, 0.6) is 0 Å². The highest BCUT2D eigenvalue weighted by molar-refractivity contribution is 7.89. The first kappa shape index (κ1) is 13.3. The minimum absolute atomic E-state index is 0.0258. The number of nitrogens with zero attached hydrogens (tertiary/aromatic N) is 3. The minimum Gasteiger partial charge on any atom is -0.333 e. The highest BCUT2D eigenvalue weighted by Gasteiger charge is 2.29. The fraction of sp³-hybridized carbons (Fsp3) is 0.273. The van der Waals surface area contributed by atoms with E-state index in [0.29, 0.717) is 18.9 Å². The Hall–Kier alpha value is -1.64. The molecule has 0 unspecified atom stereocenters. The molecule has 3 rings (SSSR count). The van der Waals surface area contributed by atoms with E-state index in [1.54, 1.807) is 6.20 Å². The van der Waals surface area contributed by atoms with Gasteiger partial charge >= 0.3 is 0 Å². The molecule has 20 heavy (non-hydrogen) atoms. The highest BCUT2D eigenvalue weighted by atomic mass is 35.5. The van der Waals surface area contributed by atoms with Crippen molar-refractivity contribution in [2.45, 2.75) is 18.0 Å². The maximum absolute atomic E-state index is 12.5. The largest absolute Gasteiger partial charge is 0.333 e. The van der Waals surface area contributed by atoms with E-state index in [1.165, 1.54) is 4.31 Å². The molecule has 1 aliphatic rings. The summed E-state index contributed by atoms with van der Waals surface area (Å²) < 4.78 is 28.2. The Bertz CT molecular complexity index is 811. The lowest BCUT2D eigenvalue weighted by Crippen LogP contribution is -2.38. The summed E-state index contributed by atoms with van der Waals surface area (Å²) in [6, 6.07) is 1.16. The van der Waals surface area contributed by atoms with Crippen molar-refractivity contribution in [2.75, 3.05) is 6.54 Å². The molecule has 0 saturated carbocycles. The molecule has 1 N–H and O–H groups in total. The molecule has 0 fully saturated rings. The van der Waals surface area contributed by atoms with Gasteiger partial charge in [-0.3, -0.25) is 4.79 Å². The van der Waals surface area contributed by atoms with Crippen LogP contribution in [-0.4, -0.2) is 33.8 Å². The van der Waals surface area contributed by atoms with Gasteiger partial charge in [0.05, 0.1) is 11.4 Å². The van der Waals surface area contributed by atoms with Gasteiger partial charge in [-0.25, -0.2) is 13.4 Å². The van der Waals surface area contributed by atoms with Crippen LogP contribution in [-0.2, 0) is 23.1 Å². The Morgan fingerprint density at radius 3 is 2.90 bits per heavy atom. The van der Waals surface area contributed by atoms with Crippen molar-refractivity contribution in [3.63, 3.8) is 0 Å². The number of pyridine rings is 1. The zero-order valence-corrected chi connectivity index (χ0v) is 11.9. The Balaban J connectivity index is 1.97. The second-order valence-corrected chi connectivity index (χ2v) is 6.73. The molecule has 2 aromatic rings. The number of rotatable bonds is 2. The van der Waals surface area contributed by atoms with Crippen LogP contribution in [0.4, 0.5) is 0 Å². The first-order chi connectivity index (χ1) is 9.48. The maximum Gasteiger partial charge on any atom is 0.266 e. The molecule has 0 bridgehead atoms. The van der Waals surface area contributed by atoms with Gasteiger partial charge in [-0.15, -0.1) is 0 Å². The monoisotopic (exact) mass is 314 g/mol. The minimum atomic E-state index is -3.70. The van der Waals surface area contributed by atoms with E-state index in [4.69, 9.17) is 11.6 Å². The third-order valence-electron chi connectivity index (χ3n) is 3.18. The first-order valence-electron chi connectivity index (χ1n) is 5.87. The number of nitrogens with one attached hydrogen (secondary N) is 1. The van der Waals surface area contributed by atoms with Gasteiger partial charge in [-0.05, 0) is 6.07 Å². The van der Waals surface area contributed by atoms with E-state index in [2.05, 4.69) is 9.97 Å². The van der Waals surface area contributed by atoms with E-state index < -0.39 is 15.6 Å². The van der Waals surface area contributed by atoms with Gasteiger partial charge in [0, 0.05) is 31.7 Å². The predicted octanol–water partition coefficient (Wildman–Crippen LogP) is 0.429. The van der Waals surface area contributed by atoms with Gasteiger partial charge in [0.15, 0.2) is 0 Å². The number of fused-ring (bicyclic) bond motifs is 1. The number of hydrogen-bond donors (Lipinski definition) is 1. The fourth-order valence-electron chi connectivity index (χ4n) is 2.09. The Morgan fingerprint density at radius 1 is 1.35 bits per heavy atom. The number of aromatic amines is 1. The van der Waals surface area contributed by atoms with E-state index in [-0.39, 0.29) is 16.5 Å². The Morgan fingerprint density at radius 2 is 2.15 bits per heavy atom. The lowest BCUT2D eigenvalue weighted by Gasteiger charge is -2.26. The first-order valence-corrected chi connectivity index (χ1v) is 7.69. The third kappa shape index (κ3) is 2.15. The summed E-state index contributed by atoms with van der Waals surface area (Å²) in [5.41, 5.74) is -0.514. The summed E-state index contributed by atoms with van der Waals surface area (Å²) >= 11 is 5.68. The molecule has 0 saturated heterocycles. The van der Waals surface area contributed by atoms with Crippen molar-refractivity contribution < 1.29 is 8.42 Å². The lowest BCUT2D eigenvalue weighted by atomic mass is 10.4. The number of sulfonamides is 1. The van der Waals surface area contributed by atoms with Gasteiger partial charge in [0.1, 0.15) is 10.8 Å². The predicted molar refractivity (Wildman–Crippen MR) is 71.9 cm³/mol. The molecule has 0 radical (unpaired) electrons. The van der Waals surface area contributed by atoms with Gasteiger partial charge < -0.3 is 9.55 Å². The summed E-state index contributed by atoms with van der Waals surface area (Å²) in [6.45, 7) is 1.10. The molecule has 0 amide bonds. The molecular formula is C11H11ClN4O3S. The van der Waals surface area contributed by atoms with Crippen LogP contribution >= 0.6 is 11.6 Å². The maximum atomic E-state index is 12.5. The number of halogens is 1. The van der Waals surface area contributed by atoms with E-state index in [1.807, 2.05) is 10.8 Å². The molecule has 3 heterocycles. The highest BCUT2D eigenvalue weighted by Crippen LogP contribution is 2.21. The molecule has 7 nitrogen and oxygen atoms in total. The fourth-order valence-corrected chi connectivity index (χ4v) is 3.71. The van der Waals surface area contributed by atoms with Crippen molar-refractivity contribution in [1.82, 2.24) is 18.8 Å². The van der Waals surface area contributed by atoms with Crippen LogP contribution in [0.2, 0.25) is 5.02 Å². The summed E-state index contributed by atoms with van der Waals surface area (Å²) in [6.07, 6.45) is 4.61. The van der Waals surface area contributed by atoms with E-state index in [0.717, 1.165) is 12.3 Å². The topological polar surface area (TPSA) is 88.1 Å². The molecule has 0 aromatic carbocycles. The van der Waals surface area contributed by atoms with Crippen LogP contribution in [0, 0.1) is 0 Å². The second-order valence-electron chi connectivity index (χ2n) is 4.39. The van der Waals surface area contributed by atoms with Crippen LogP contribution in [0.25, 0.3) is 0 Å². The zero-order valence-electron chi connectivity index (χ0n) is 10.3. The van der Waals surface area contributed by atoms with Crippen LogP contribution < -0.4 is 5.56 Å². The summed E-state index contributed by atoms with van der Waals surface area (Å²) in [4.78, 5) is 17.6. The summed E-state index contributed by atoms with van der Waals surface area (Å²) in [5.74, 6) is 0.690. The average Bonchev–Trinajstić information content (AvgIpc) is 2.89. The summed E-state index contributed by atoms with van der Waals surface area (Å²) in [5, 5.41) is -0.149. The number of H-pyrrole nitrogens is 1. The average molecular weight is 315 g/mol. The zero-order chi connectivity index (χ0) is 14.3. The molecular weight excluding hydrogens is 304 g/mol. The molecule has 1 aliphatic heterocycles. The molecule has 0 aliphatic carbocycles. The van der Waals surface area contributed by atoms with Gasteiger partial charge in [-0.1, -0.05) is 11.6 Å². The normalized spacial score (nSPS) is 16.1. The number of imidazole rings is 1. The van der Waals surface area contributed by atoms with Crippen molar-refractivity contribution in [1.29, 1.82) is 0 Å². The Labute approximate surface area is 119 Å². The molecule has 0 atom stereocenters. The Kier molecular flexibility index (Phi) is 3.15. The van der Waals surface area contributed by atoms with Crippen LogP contribution in [0.15, 0.2) is 34.3 Å². The van der Waals surface area contributed by atoms with Crippen molar-refractivity contribution in [3.8, 4) is 0 Å². The number of hydrogen-bond acceptors (Lipinski definition) is 4. The molecule has 106 valence electrons. The van der Waals surface area contributed by atoms with E-state index >= 15 is 0 Å². The van der Waals surface area contributed by atoms with Crippen LogP contribution in [0.3, 0.4) is 0 Å². The SMILES string of the molecule is O=c1[nH]cc(S(=O)(=O)N2CCn3ccnc3C2)cc1Cl. The lowest BCUT2D eigenvalue weighted by molar-refractivity contribution is 0.335. The smallest absolute Gasteiger partial charge is 0.266 e. The molecule has 2 aromatic heterocycles.